The Bertz CT molecular complexity index is 606. The van der Waals surface area contributed by atoms with Gasteiger partial charge in [0.15, 0.2) is 11.5 Å². The molecule has 6 nitrogen and oxygen atoms in total. The Hall–Kier alpha value is -1.47. The van der Waals surface area contributed by atoms with E-state index in [1.54, 1.807) is 6.92 Å². The van der Waals surface area contributed by atoms with Crippen molar-refractivity contribution in [3.8, 4) is 17.2 Å². The van der Waals surface area contributed by atoms with E-state index < -0.39 is 20.8 Å². The number of phenols is 1. The van der Waals surface area contributed by atoms with E-state index in [4.69, 9.17) is 9.47 Å². The van der Waals surface area contributed by atoms with E-state index in [2.05, 4.69) is 0 Å². The topological polar surface area (TPSA) is 93.1 Å². The minimum Gasteiger partial charge on any atom is -0.502 e. The third-order valence-corrected chi connectivity index (χ3v) is 4.40. The van der Waals surface area contributed by atoms with E-state index in [9.17, 15) is 18.1 Å². The van der Waals surface area contributed by atoms with Crippen molar-refractivity contribution in [3.63, 3.8) is 0 Å². The predicted molar refractivity (Wildman–Crippen MR) is 74.5 cm³/mol. The van der Waals surface area contributed by atoms with Crippen LogP contribution >= 0.6 is 0 Å². The number of methoxy groups -OCH3 is 2. The molecule has 0 radical (unpaired) electrons. The van der Waals surface area contributed by atoms with Crippen LogP contribution in [0.4, 0.5) is 0 Å². The van der Waals surface area contributed by atoms with Gasteiger partial charge >= 0.3 is 0 Å². The van der Waals surface area contributed by atoms with Gasteiger partial charge in [-0.2, -0.15) is 8.42 Å². The Morgan fingerprint density at radius 3 is 2.05 bits per heavy atom. The fraction of sp³-hybridized carbons (Fsp3) is 0.538. The second-order valence-electron chi connectivity index (χ2n) is 4.57. The fourth-order valence-corrected chi connectivity index (χ4v) is 3.22. The summed E-state index contributed by atoms with van der Waals surface area (Å²) in [6.07, 6.45) is 0.716. The maximum Gasteiger partial charge on any atom is 0.298 e. The molecule has 0 heterocycles. The molecule has 7 heteroatoms. The highest BCUT2D eigenvalue weighted by atomic mass is 32.2. The normalized spacial score (nSPS) is 13.1. The van der Waals surface area contributed by atoms with Crippen LogP contribution < -0.4 is 9.47 Å². The van der Waals surface area contributed by atoms with Gasteiger partial charge in [-0.3, -0.25) is 4.55 Å². The van der Waals surface area contributed by atoms with Crippen molar-refractivity contribution >= 4 is 10.1 Å². The first-order valence-electron chi connectivity index (χ1n) is 6.15. The number of rotatable bonds is 5. The molecule has 0 aliphatic carbocycles. The zero-order valence-corrected chi connectivity index (χ0v) is 13.0. The van der Waals surface area contributed by atoms with E-state index in [0.717, 1.165) is 0 Å². The molecule has 1 atom stereocenters. The molecule has 0 aliphatic heterocycles. The number of hydrogen-bond acceptors (Lipinski definition) is 5. The first-order chi connectivity index (χ1) is 9.20. The van der Waals surface area contributed by atoms with Crippen LogP contribution in [0, 0.1) is 6.92 Å². The largest absolute Gasteiger partial charge is 0.502 e. The van der Waals surface area contributed by atoms with Crippen molar-refractivity contribution in [2.24, 2.45) is 0 Å². The third-order valence-electron chi connectivity index (χ3n) is 3.40. The summed E-state index contributed by atoms with van der Waals surface area (Å²) in [6.45, 7) is 5.36. The molecule has 1 aromatic rings. The van der Waals surface area contributed by atoms with Gasteiger partial charge in [0.1, 0.15) is 4.90 Å². The summed E-state index contributed by atoms with van der Waals surface area (Å²) in [5.41, 5.74) is 0.856. The molecule has 0 amide bonds. The van der Waals surface area contributed by atoms with Crippen LogP contribution in [0.5, 0.6) is 17.2 Å². The molecule has 0 bridgehead atoms. The zero-order chi connectivity index (χ0) is 15.7. The van der Waals surface area contributed by atoms with Crippen molar-refractivity contribution in [2.45, 2.75) is 38.0 Å². The number of aromatic hydroxyl groups is 1. The summed E-state index contributed by atoms with van der Waals surface area (Å²) in [4.78, 5) is -0.423. The molecule has 0 saturated heterocycles. The highest BCUT2D eigenvalue weighted by molar-refractivity contribution is 7.86. The summed E-state index contributed by atoms with van der Waals surface area (Å²) >= 11 is 0. The van der Waals surface area contributed by atoms with Gasteiger partial charge in [-0.15, -0.1) is 0 Å². The van der Waals surface area contributed by atoms with Crippen LogP contribution in [0.2, 0.25) is 0 Å². The molecule has 0 fully saturated rings. The minimum absolute atomic E-state index is 0.0535. The Morgan fingerprint density at radius 2 is 1.70 bits per heavy atom. The van der Waals surface area contributed by atoms with Crippen LogP contribution in [0.3, 0.4) is 0 Å². The Kier molecular flexibility index (Phi) is 4.88. The van der Waals surface area contributed by atoms with Crippen LogP contribution in [0.25, 0.3) is 0 Å². The Balaban J connectivity index is 3.93. The van der Waals surface area contributed by atoms with Crippen LogP contribution in [-0.4, -0.2) is 32.3 Å². The average molecular weight is 304 g/mol. The first kappa shape index (κ1) is 16.6. The number of ether oxygens (including phenoxy) is 2. The van der Waals surface area contributed by atoms with Crippen LogP contribution in [0.1, 0.15) is 37.3 Å². The summed E-state index contributed by atoms with van der Waals surface area (Å²) < 4.78 is 42.6. The van der Waals surface area contributed by atoms with Gasteiger partial charge in [0.25, 0.3) is 10.1 Å². The van der Waals surface area contributed by atoms with E-state index in [1.807, 2.05) is 13.8 Å². The van der Waals surface area contributed by atoms with Gasteiger partial charge in [-0.05, 0) is 24.8 Å². The molecule has 0 aromatic heterocycles. The molecule has 1 unspecified atom stereocenters. The average Bonchev–Trinajstić information content (AvgIpc) is 2.37. The molecule has 0 saturated carbocycles. The van der Waals surface area contributed by atoms with E-state index in [0.29, 0.717) is 17.5 Å². The highest BCUT2D eigenvalue weighted by Crippen LogP contribution is 2.48. The quantitative estimate of drug-likeness (QED) is 0.812. The van der Waals surface area contributed by atoms with Crippen molar-refractivity contribution in [1.29, 1.82) is 0 Å². The highest BCUT2D eigenvalue weighted by Gasteiger charge is 2.31. The molecular weight excluding hydrogens is 284 g/mol. The van der Waals surface area contributed by atoms with E-state index in [-0.39, 0.29) is 17.4 Å². The van der Waals surface area contributed by atoms with E-state index >= 15 is 0 Å². The van der Waals surface area contributed by atoms with Crippen molar-refractivity contribution in [3.05, 3.63) is 11.1 Å². The molecule has 0 spiro atoms. The predicted octanol–water partition coefficient (Wildman–Crippen LogP) is 2.48. The molecular formula is C13H20O6S. The fourth-order valence-electron chi connectivity index (χ4n) is 2.31. The van der Waals surface area contributed by atoms with Gasteiger partial charge in [0, 0.05) is 5.56 Å². The standard InChI is InChI=1S/C13H20O6S/c1-6-7(2)9-8(3)13(20(15,16)17)12(19-5)10(14)11(9)18-4/h7,14H,6H2,1-5H3,(H,15,16,17). The summed E-state index contributed by atoms with van der Waals surface area (Å²) in [6, 6.07) is 0. The van der Waals surface area contributed by atoms with Crippen molar-refractivity contribution in [1.82, 2.24) is 0 Å². The lowest BCUT2D eigenvalue weighted by molar-refractivity contribution is 0.326. The van der Waals surface area contributed by atoms with Gasteiger partial charge in [-0.25, -0.2) is 0 Å². The zero-order valence-electron chi connectivity index (χ0n) is 12.2. The number of phenolic OH excluding ortho intramolecular Hbond substituents is 1. The molecule has 20 heavy (non-hydrogen) atoms. The lowest BCUT2D eigenvalue weighted by atomic mass is 9.92. The lowest BCUT2D eigenvalue weighted by Gasteiger charge is -2.22. The van der Waals surface area contributed by atoms with Crippen molar-refractivity contribution < 1.29 is 27.6 Å². The van der Waals surface area contributed by atoms with Crippen LogP contribution in [0.15, 0.2) is 4.90 Å². The second-order valence-corrected chi connectivity index (χ2v) is 5.93. The third kappa shape index (κ3) is 2.69. The van der Waals surface area contributed by atoms with E-state index in [1.165, 1.54) is 14.2 Å². The first-order valence-corrected chi connectivity index (χ1v) is 7.59. The minimum atomic E-state index is -4.53. The maximum atomic E-state index is 11.6. The van der Waals surface area contributed by atoms with Crippen LogP contribution in [-0.2, 0) is 10.1 Å². The monoisotopic (exact) mass is 304 g/mol. The maximum absolute atomic E-state index is 11.6. The molecule has 1 aromatic carbocycles. The summed E-state index contributed by atoms with van der Waals surface area (Å²) in [7, 11) is -1.93. The Morgan fingerprint density at radius 1 is 1.20 bits per heavy atom. The van der Waals surface area contributed by atoms with Gasteiger partial charge in [0.2, 0.25) is 5.75 Å². The lowest BCUT2D eigenvalue weighted by Crippen LogP contribution is -2.10. The molecule has 114 valence electrons. The number of hydrogen-bond donors (Lipinski definition) is 2. The van der Waals surface area contributed by atoms with Gasteiger partial charge in [0.05, 0.1) is 14.2 Å². The summed E-state index contributed by atoms with van der Waals surface area (Å²) in [5.74, 6) is -0.624. The van der Waals surface area contributed by atoms with Gasteiger partial charge in [-0.1, -0.05) is 13.8 Å². The van der Waals surface area contributed by atoms with Gasteiger partial charge < -0.3 is 14.6 Å². The molecule has 1 rings (SSSR count). The van der Waals surface area contributed by atoms with Crippen molar-refractivity contribution in [2.75, 3.05) is 14.2 Å². The SMILES string of the molecule is CCC(C)c1c(C)c(S(=O)(=O)O)c(OC)c(O)c1OC. The smallest absolute Gasteiger partial charge is 0.298 e. The summed E-state index contributed by atoms with van der Waals surface area (Å²) in [5, 5.41) is 10.2. The molecule has 0 aliphatic rings. The number of benzene rings is 1. The molecule has 2 N–H and O–H groups in total. The Labute approximate surface area is 119 Å². The second kappa shape index (κ2) is 5.88.